The summed E-state index contributed by atoms with van der Waals surface area (Å²) in [6.45, 7) is 5.52. The summed E-state index contributed by atoms with van der Waals surface area (Å²) in [5.41, 5.74) is 8.20. The third kappa shape index (κ3) is 12.9. The molecular weight excluding hydrogens is 600 g/mol. The molecule has 3 aromatic carbocycles. The molecular formula is C33H35Cl2F3N2O3. The highest BCUT2D eigenvalue weighted by molar-refractivity contribution is 6.35. The van der Waals surface area contributed by atoms with Crippen molar-refractivity contribution in [3.05, 3.63) is 124 Å². The molecule has 0 spiro atoms. The maximum atomic E-state index is 12.7. The van der Waals surface area contributed by atoms with E-state index in [1.54, 1.807) is 25.3 Å². The van der Waals surface area contributed by atoms with E-state index in [4.69, 9.17) is 37.2 Å². The summed E-state index contributed by atoms with van der Waals surface area (Å²) < 4.78 is 49.2. The number of hydrogen-bond donors (Lipinski definition) is 1. The van der Waals surface area contributed by atoms with Gasteiger partial charge in [0, 0.05) is 23.5 Å². The van der Waals surface area contributed by atoms with Gasteiger partial charge < -0.3 is 19.7 Å². The second-order valence-corrected chi connectivity index (χ2v) is 9.52. The number of benzene rings is 3. The Hall–Kier alpha value is -3.85. The van der Waals surface area contributed by atoms with Gasteiger partial charge in [-0.2, -0.15) is 13.2 Å². The highest BCUT2D eigenvalue weighted by atomic mass is 35.5. The number of carbonyl (C=O) groups excluding carboxylic acids is 1. The number of furan rings is 1. The molecule has 0 saturated carbocycles. The zero-order chi connectivity index (χ0) is 32.4. The molecule has 0 unspecified atom stereocenters. The molecule has 0 aliphatic carbocycles. The Morgan fingerprint density at radius 3 is 1.91 bits per heavy atom. The molecule has 4 aromatic rings. The van der Waals surface area contributed by atoms with E-state index in [2.05, 4.69) is 22.9 Å². The SMILES string of the molecule is C=O.CN.CN=C(/C=C(\C)COc1ccc(-c2ccc(Cc3ccco3)cc2)cc1)C(F)(F)F.Cc1c(Cl)cccc1Cl. The van der Waals surface area contributed by atoms with Crippen LogP contribution in [0.3, 0.4) is 0 Å². The lowest BCUT2D eigenvalue weighted by atomic mass is 10.0. The maximum Gasteiger partial charge on any atom is 0.432 e. The third-order valence-corrected chi connectivity index (χ3v) is 6.50. The molecule has 1 aromatic heterocycles. The van der Waals surface area contributed by atoms with Gasteiger partial charge in [-0.3, -0.25) is 4.99 Å². The summed E-state index contributed by atoms with van der Waals surface area (Å²) in [4.78, 5) is 11.3. The second kappa shape index (κ2) is 19.4. The van der Waals surface area contributed by atoms with E-state index >= 15 is 0 Å². The van der Waals surface area contributed by atoms with Crippen molar-refractivity contribution in [2.24, 2.45) is 10.7 Å². The van der Waals surface area contributed by atoms with E-state index in [-0.39, 0.29) is 6.61 Å². The topological polar surface area (TPSA) is 77.8 Å². The number of carbonyl (C=O) groups is 1. The molecule has 5 nitrogen and oxygen atoms in total. The van der Waals surface area contributed by atoms with Crippen molar-refractivity contribution >= 4 is 35.7 Å². The van der Waals surface area contributed by atoms with Crippen molar-refractivity contribution in [1.82, 2.24) is 0 Å². The maximum absolute atomic E-state index is 12.7. The molecule has 0 atom stereocenters. The number of nitrogens with zero attached hydrogens (tertiary/aromatic N) is 1. The summed E-state index contributed by atoms with van der Waals surface area (Å²) >= 11 is 11.5. The lowest BCUT2D eigenvalue weighted by Gasteiger charge is -2.10. The Morgan fingerprint density at radius 2 is 1.47 bits per heavy atom. The largest absolute Gasteiger partial charge is 0.489 e. The molecule has 0 aliphatic rings. The fourth-order valence-electron chi connectivity index (χ4n) is 3.50. The molecule has 1 heterocycles. The van der Waals surface area contributed by atoms with Gasteiger partial charge in [-0.05, 0) is 91.2 Å². The first kappa shape index (κ1) is 37.2. The van der Waals surface area contributed by atoms with Gasteiger partial charge in [-0.25, -0.2) is 0 Å². The zero-order valence-electron chi connectivity index (χ0n) is 24.4. The summed E-state index contributed by atoms with van der Waals surface area (Å²) in [5.74, 6) is 1.50. The van der Waals surface area contributed by atoms with E-state index in [9.17, 15) is 13.2 Å². The zero-order valence-corrected chi connectivity index (χ0v) is 25.9. The Kier molecular flexibility index (Phi) is 16.7. The predicted molar refractivity (Wildman–Crippen MR) is 170 cm³/mol. The standard InChI is InChI=1S/C24H22F3NO2.C7H6Cl2.CH5N.CH2O/c1-17(14-23(28-2)24(25,26)27)16-30-21-11-9-20(10-12-21)19-7-5-18(6-8-19)15-22-4-3-13-29-22;1-5-6(8)3-2-4-7(5)9;2*1-2/h3-14H,15-16H2,1-2H3;2-4H,1H3;2H2,1H3;1H2/b17-14+,28-23?;;;. The molecule has 230 valence electrons. The van der Waals surface area contributed by atoms with Gasteiger partial charge in [0.1, 0.15) is 30.6 Å². The number of aliphatic imine (C=N–C) groups is 1. The number of alkyl halides is 3. The van der Waals surface area contributed by atoms with Gasteiger partial charge >= 0.3 is 6.18 Å². The number of rotatable bonds is 7. The molecule has 0 radical (unpaired) electrons. The van der Waals surface area contributed by atoms with Crippen molar-refractivity contribution in [3.8, 4) is 16.9 Å². The average Bonchev–Trinajstić information content (AvgIpc) is 3.53. The molecule has 4 rings (SSSR count). The first-order valence-electron chi connectivity index (χ1n) is 12.9. The van der Waals surface area contributed by atoms with Crippen LogP contribution >= 0.6 is 23.2 Å². The van der Waals surface area contributed by atoms with E-state index in [1.165, 1.54) is 7.05 Å². The molecule has 0 aliphatic heterocycles. The van der Waals surface area contributed by atoms with E-state index in [0.717, 1.165) is 57.6 Å². The molecule has 0 bridgehead atoms. The van der Waals surface area contributed by atoms with Crippen LogP contribution in [-0.2, 0) is 11.2 Å². The van der Waals surface area contributed by atoms with Crippen LogP contribution in [0.4, 0.5) is 13.2 Å². The van der Waals surface area contributed by atoms with Crippen LogP contribution in [0.5, 0.6) is 5.75 Å². The number of allylic oxidation sites excluding steroid dienone is 1. The van der Waals surface area contributed by atoms with Crippen LogP contribution < -0.4 is 10.5 Å². The van der Waals surface area contributed by atoms with Crippen LogP contribution in [-0.4, -0.2) is 39.4 Å². The minimum absolute atomic E-state index is 0.0515. The first-order chi connectivity index (χ1) is 20.6. The number of nitrogens with two attached hydrogens (primary N) is 1. The van der Waals surface area contributed by atoms with E-state index in [0.29, 0.717) is 11.3 Å². The van der Waals surface area contributed by atoms with E-state index in [1.807, 2.05) is 68.3 Å². The van der Waals surface area contributed by atoms with Crippen LogP contribution in [0.1, 0.15) is 23.8 Å². The molecule has 10 heteroatoms. The fourth-order valence-corrected chi connectivity index (χ4v) is 3.90. The van der Waals surface area contributed by atoms with Gasteiger partial charge in [-0.1, -0.05) is 65.7 Å². The second-order valence-electron chi connectivity index (χ2n) is 8.71. The minimum atomic E-state index is -4.47. The predicted octanol–water partition coefficient (Wildman–Crippen LogP) is 9.19. The normalized spacial score (nSPS) is 11.2. The summed E-state index contributed by atoms with van der Waals surface area (Å²) in [7, 11) is 2.62. The lowest BCUT2D eigenvalue weighted by molar-refractivity contribution is -0.0980. The van der Waals surface area contributed by atoms with Crippen LogP contribution in [0, 0.1) is 6.92 Å². The smallest absolute Gasteiger partial charge is 0.432 e. The number of halogens is 5. The molecule has 2 N–H and O–H groups in total. The Morgan fingerprint density at radius 1 is 0.930 bits per heavy atom. The van der Waals surface area contributed by atoms with Crippen molar-refractivity contribution in [1.29, 1.82) is 0 Å². The summed E-state index contributed by atoms with van der Waals surface area (Å²) in [5, 5.41) is 1.45. The van der Waals surface area contributed by atoms with Gasteiger partial charge in [0.2, 0.25) is 0 Å². The van der Waals surface area contributed by atoms with Gasteiger partial charge in [-0.15, -0.1) is 0 Å². The highest BCUT2D eigenvalue weighted by Gasteiger charge is 2.33. The average molecular weight is 636 g/mol. The first-order valence-corrected chi connectivity index (χ1v) is 13.7. The van der Waals surface area contributed by atoms with Crippen LogP contribution in [0.25, 0.3) is 11.1 Å². The fraction of sp³-hybridized carbons (Fsp3) is 0.212. The van der Waals surface area contributed by atoms with Crippen LogP contribution in [0.15, 0.2) is 106 Å². The minimum Gasteiger partial charge on any atom is -0.489 e. The molecule has 0 amide bonds. The third-order valence-electron chi connectivity index (χ3n) is 5.68. The van der Waals surface area contributed by atoms with Crippen molar-refractivity contribution in [2.75, 3.05) is 20.7 Å². The Bertz CT molecular complexity index is 1400. The lowest BCUT2D eigenvalue weighted by Crippen LogP contribution is -2.21. The molecule has 0 fully saturated rings. The monoisotopic (exact) mass is 634 g/mol. The van der Waals surface area contributed by atoms with Gasteiger partial charge in [0.05, 0.1) is 6.26 Å². The number of hydrogen-bond acceptors (Lipinski definition) is 5. The van der Waals surface area contributed by atoms with Crippen LogP contribution in [0.2, 0.25) is 10.0 Å². The highest BCUT2D eigenvalue weighted by Crippen LogP contribution is 2.25. The Labute approximate surface area is 260 Å². The molecule has 43 heavy (non-hydrogen) atoms. The van der Waals surface area contributed by atoms with Crippen molar-refractivity contribution in [2.45, 2.75) is 26.4 Å². The quantitative estimate of drug-likeness (QED) is 0.206. The summed E-state index contributed by atoms with van der Waals surface area (Å²) in [6.07, 6.45) is -1.06. The van der Waals surface area contributed by atoms with Crippen molar-refractivity contribution in [3.63, 3.8) is 0 Å². The summed E-state index contributed by atoms with van der Waals surface area (Å²) in [6, 6.07) is 25.0. The van der Waals surface area contributed by atoms with Gasteiger partial charge in [0.15, 0.2) is 0 Å². The van der Waals surface area contributed by atoms with E-state index < -0.39 is 11.9 Å². The molecule has 0 saturated heterocycles. The van der Waals surface area contributed by atoms with Gasteiger partial charge in [0.25, 0.3) is 0 Å². The Balaban J connectivity index is 0.000000597. The van der Waals surface area contributed by atoms with Crippen molar-refractivity contribution < 1.29 is 27.1 Å². The number of ether oxygens (including phenoxy) is 1.